The lowest BCUT2D eigenvalue weighted by molar-refractivity contribution is -0.304. The van der Waals surface area contributed by atoms with Crippen molar-refractivity contribution in [2.24, 2.45) is 10.9 Å². The molecule has 106 valence electrons. The van der Waals surface area contributed by atoms with Gasteiger partial charge in [-0.3, -0.25) is 4.79 Å². The van der Waals surface area contributed by atoms with E-state index in [0.29, 0.717) is 17.9 Å². The number of rotatable bonds is 4. The molecule has 19 heavy (non-hydrogen) atoms. The van der Waals surface area contributed by atoms with Crippen LogP contribution in [0.4, 0.5) is 0 Å². The van der Waals surface area contributed by atoms with Crippen LogP contribution < -0.4 is 0 Å². The fraction of sp³-hybridized carbons (Fsp3) is 0.692. The zero-order valence-corrected chi connectivity index (χ0v) is 11.5. The number of hydrogen-bond donors (Lipinski definition) is 1. The molecule has 0 saturated carbocycles. The van der Waals surface area contributed by atoms with Crippen molar-refractivity contribution in [1.29, 1.82) is 0 Å². The van der Waals surface area contributed by atoms with Crippen molar-refractivity contribution in [2.45, 2.75) is 45.4 Å². The van der Waals surface area contributed by atoms with Crippen molar-refractivity contribution in [2.75, 3.05) is 7.11 Å². The number of carbonyl (C=O) groups is 1. The second-order valence-electron chi connectivity index (χ2n) is 5.25. The lowest BCUT2D eigenvalue weighted by atomic mass is 10.0. The van der Waals surface area contributed by atoms with Crippen LogP contribution in [0.3, 0.4) is 0 Å². The standard InChI is InChI=1S/C13H19NO5/c1-7(2)6-13(16,17-4)12-18-9-5-8(3)14-11(15)10(9)19-12/h5,7,10,12,16H,6H2,1-4H3. The first-order valence-corrected chi connectivity index (χ1v) is 6.26. The van der Waals surface area contributed by atoms with Gasteiger partial charge in [-0.2, -0.15) is 0 Å². The summed E-state index contributed by atoms with van der Waals surface area (Å²) in [5.41, 5.74) is 0.560. The van der Waals surface area contributed by atoms with Crippen molar-refractivity contribution < 1.29 is 24.1 Å². The maximum Gasteiger partial charge on any atom is 0.283 e. The smallest absolute Gasteiger partial charge is 0.283 e. The molecule has 0 aliphatic carbocycles. The molecule has 3 unspecified atom stereocenters. The summed E-state index contributed by atoms with van der Waals surface area (Å²) in [5.74, 6) is -1.44. The summed E-state index contributed by atoms with van der Waals surface area (Å²) in [6, 6.07) is 0. The molecule has 2 heterocycles. The van der Waals surface area contributed by atoms with Crippen LogP contribution >= 0.6 is 0 Å². The third kappa shape index (κ3) is 2.70. The molecule has 3 atom stereocenters. The van der Waals surface area contributed by atoms with Crippen LogP contribution in [0.15, 0.2) is 16.8 Å². The Morgan fingerprint density at radius 3 is 2.84 bits per heavy atom. The number of carbonyl (C=O) groups excluding carboxylic acids is 1. The summed E-state index contributed by atoms with van der Waals surface area (Å²) in [5, 5.41) is 10.4. The lowest BCUT2D eigenvalue weighted by Crippen LogP contribution is -2.46. The number of hydrogen-bond acceptors (Lipinski definition) is 5. The predicted octanol–water partition coefficient (Wildman–Crippen LogP) is 0.994. The normalized spacial score (nSPS) is 29.5. The van der Waals surface area contributed by atoms with Crippen molar-refractivity contribution >= 4 is 11.6 Å². The predicted molar refractivity (Wildman–Crippen MR) is 67.4 cm³/mol. The number of dihydropyridines is 1. The van der Waals surface area contributed by atoms with Crippen molar-refractivity contribution in [3.05, 3.63) is 11.8 Å². The van der Waals surface area contributed by atoms with Gasteiger partial charge < -0.3 is 19.3 Å². The number of amides is 1. The Balaban J connectivity index is 2.18. The van der Waals surface area contributed by atoms with Gasteiger partial charge >= 0.3 is 0 Å². The molecular formula is C13H19NO5. The third-order valence-electron chi connectivity index (χ3n) is 3.05. The third-order valence-corrected chi connectivity index (χ3v) is 3.05. The summed E-state index contributed by atoms with van der Waals surface area (Å²) in [4.78, 5) is 15.5. The van der Waals surface area contributed by atoms with Gasteiger partial charge in [-0.05, 0) is 12.8 Å². The number of nitrogens with zero attached hydrogens (tertiary/aromatic N) is 1. The molecule has 0 radical (unpaired) electrons. The maximum atomic E-state index is 11.7. The number of aliphatic imine (C=N–C) groups is 1. The van der Waals surface area contributed by atoms with Gasteiger partial charge in [-0.1, -0.05) is 13.8 Å². The highest BCUT2D eigenvalue weighted by molar-refractivity contribution is 6.06. The minimum absolute atomic E-state index is 0.183. The average Bonchev–Trinajstić information content (AvgIpc) is 2.72. The Morgan fingerprint density at radius 1 is 1.58 bits per heavy atom. The van der Waals surface area contributed by atoms with E-state index in [9.17, 15) is 9.90 Å². The fourth-order valence-electron chi connectivity index (χ4n) is 2.22. The Morgan fingerprint density at radius 2 is 2.26 bits per heavy atom. The monoisotopic (exact) mass is 269 g/mol. The highest BCUT2D eigenvalue weighted by Gasteiger charge is 2.50. The van der Waals surface area contributed by atoms with Gasteiger partial charge in [0, 0.05) is 25.3 Å². The molecule has 0 bridgehead atoms. The molecule has 2 aliphatic heterocycles. The molecule has 1 N–H and O–H groups in total. The van der Waals surface area contributed by atoms with Crippen LogP contribution in [0.2, 0.25) is 0 Å². The highest BCUT2D eigenvalue weighted by Crippen LogP contribution is 2.35. The molecule has 2 aliphatic rings. The molecule has 6 nitrogen and oxygen atoms in total. The summed E-state index contributed by atoms with van der Waals surface area (Å²) in [6.45, 7) is 5.60. The van der Waals surface area contributed by atoms with E-state index in [1.165, 1.54) is 7.11 Å². The van der Waals surface area contributed by atoms with Crippen LogP contribution in [0.25, 0.3) is 0 Å². The number of fused-ring (bicyclic) bond motifs is 1. The number of methoxy groups -OCH3 is 1. The number of ether oxygens (including phenoxy) is 3. The zero-order chi connectivity index (χ0) is 14.2. The first-order valence-electron chi connectivity index (χ1n) is 6.26. The van der Waals surface area contributed by atoms with Crippen molar-refractivity contribution in [3.8, 4) is 0 Å². The first kappa shape index (κ1) is 14.2. The van der Waals surface area contributed by atoms with Gasteiger partial charge in [-0.25, -0.2) is 4.99 Å². The Labute approximate surface area is 112 Å². The molecule has 0 aromatic rings. The summed E-state index contributed by atoms with van der Waals surface area (Å²) in [7, 11) is 1.38. The van der Waals surface area contributed by atoms with E-state index in [2.05, 4.69) is 4.99 Å². The van der Waals surface area contributed by atoms with Crippen molar-refractivity contribution in [3.63, 3.8) is 0 Å². The van der Waals surface area contributed by atoms with Crippen LogP contribution in [-0.4, -0.2) is 42.0 Å². The summed E-state index contributed by atoms with van der Waals surface area (Å²) < 4.78 is 16.1. The summed E-state index contributed by atoms with van der Waals surface area (Å²) in [6.07, 6.45) is 0.0726. The van der Waals surface area contributed by atoms with Crippen LogP contribution in [-0.2, 0) is 19.0 Å². The molecule has 6 heteroatoms. The molecule has 2 rings (SSSR count). The van der Waals surface area contributed by atoms with Gasteiger partial charge in [0.2, 0.25) is 5.79 Å². The fourth-order valence-corrected chi connectivity index (χ4v) is 2.22. The Bertz CT molecular complexity index is 442. The van der Waals surface area contributed by atoms with E-state index < -0.39 is 24.1 Å². The Hall–Kier alpha value is -1.24. The van der Waals surface area contributed by atoms with Crippen LogP contribution in [0, 0.1) is 5.92 Å². The number of allylic oxidation sites excluding steroid dienone is 1. The molecule has 0 spiro atoms. The maximum absolute atomic E-state index is 11.7. The quantitative estimate of drug-likeness (QED) is 0.770. The average molecular weight is 269 g/mol. The van der Waals surface area contributed by atoms with E-state index in [1.54, 1.807) is 13.0 Å². The van der Waals surface area contributed by atoms with E-state index in [-0.39, 0.29) is 5.92 Å². The molecule has 0 aromatic heterocycles. The molecule has 1 fully saturated rings. The second-order valence-corrected chi connectivity index (χ2v) is 5.25. The lowest BCUT2D eigenvalue weighted by Gasteiger charge is -2.31. The van der Waals surface area contributed by atoms with Gasteiger partial charge in [0.25, 0.3) is 12.2 Å². The van der Waals surface area contributed by atoms with Crippen LogP contribution in [0.1, 0.15) is 27.2 Å². The van der Waals surface area contributed by atoms with Gasteiger partial charge in [0.15, 0.2) is 6.10 Å². The number of aliphatic hydroxyl groups is 1. The van der Waals surface area contributed by atoms with E-state index >= 15 is 0 Å². The minimum atomic E-state index is -1.58. The zero-order valence-electron chi connectivity index (χ0n) is 11.5. The summed E-state index contributed by atoms with van der Waals surface area (Å²) >= 11 is 0. The Kier molecular flexibility index (Phi) is 3.75. The topological polar surface area (TPSA) is 77.4 Å². The second kappa shape index (κ2) is 5.03. The van der Waals surface area contributed by atoms with Gasteiger partial charge in [0.1, 0.15) is 5.76 Å². The molecule has 1 amide bonds. The highest BCUT2D eigenvalue weighted by atomic mass is 16.8. The van der Waals surface area contributed by atoms with E-state index in [1.807, 2.05) is 13.8 Å². The van der Waals surface area contributed by atoms with Gasteiger partial charge in [-0.15, -0.1) is 0 Å². The molecular weight excluding hydrogens is 250 g/mol. The minimum Gasteiger partial charge on any atom is -0.460 e. The largest absolute Gasteiger partial charge is 0.460 e. The molecule has 1 saturated heterocycles. The van der Waals surface area contributed by atoms with E-state index in [0.717, 1.165) is 0 Å². The van der Waals surface area contributed by atoms with Crippen molar-refractivity contribution in [1.82, 2.24) is 0 Å². The van der Waals surface area contributed by atoms with Gasteiger partial charge in [0.05, 0.1) is 0 Å². The first-order chi connectivity index (χ1) is 8.85. The van der Waals surface area contributed by atoms with E-state index in [4.69, 9.17) is 14.2 Å². The van der Waals surface area contributed by atoms with Crippen LogP contribution in [0.5, 0.6) is 0 Å². The SMILES string of the molecule is COC(O)(CC(C)C)C1OC2=CC(C)=NC(=O)C2O1. The molecule has 0 aromatic carbocycles.